The van der Waals surface area contributed by atoms with Gasteiger partial charge >= 0.3 is 5.97 Å². The first-order valence-electron chi connectivity index (χ1n) is 5.65. The predicted molar refractivity (Wildman–Crippen MR) is 66.4 cm³/mol. The molecular weight excluding hydrogens is 254 g/mol. The minimum absolute atomic E-state index is 0.118. The Hall–Kier alpha value is -2.31. The molecule has 0 aliphatic heterocycles. The summed E-state index contributed by atoms with van der Waals surface area (Å²) in [6.45, 7) is 3.47. The number of nitro benzene ring substituents is 1. The molecule has 19 heavy (non-hydrogen) atoms. The van der Waals surface area contributed by atoms with E-state index in [2.05, 4.69) is 0 Å². The van der Waals surface area contributed by atoms with E-state index < -0.39 is 17.0 Å². The summed E-state index contributed by atoms with van der Waals surface area (Å²) in [6.07, 6.45) is -0.824. The second-order valence-corrected chi connectivity index (χ2v) is 3.60. The third-order valence-corrected chi connectivity index (χ3v) is 2.28. The molecule has 1 unspecified atom stereocenters. The first-order valence-corrected chi connectivity index (χ1v) is 5.65. The van der Waals surface area contributed by atoms with Gasteiger partial charge < -0.3 is 14.2 Å². The van der Waals surface area contributed by atoms with Crippen LogP contribution in [0.2, 0.25) is 0 Å². The summed E-state index contributed by atoms with van der Waals surface area (Å²) >= 11 is 0. The first kappa shape index (κ1) is 14.7. The van der Waals surface area contributed by atoms with Crippen LogP contribution in [0.4, 0.5) is 5.69 Å². The fourth-order valence-corrected chi connectivity index (χ4v) is 1.37. The van der Waals surface area contributed by atoms with E-state index in [0.29, 0.717) is 0 Å². The number of carbonyl (C=O) groups is 1. The SMILES string of the molecule is CCOC(=O)C(C)Oc1ccc([N+](=O)[O-])cc1OC. The van der Waals surface area contributed by atoms with Crippen LogP contribution in [-0.4, -0.2) is 30.7 Å². The summed E-state index contributed by atoms with van der Waals surface area (Å²) < 4.78 is 15.2. The number of non-ortho nitro benzene ring substituents is 1. The number of carbonyl (C=O) groups excluding carboxylic acids is 1. The van der Waals surface area contributed by atoms with Crippen molar-refractivity contribution in [2.45, 2.75) is 20.0 Å². The van der Waals surface area contributed by atoms with Crippen LogP contribution in [0, 0.1) is 10.1 Å². The monoisotopic (exact) mass is 269 g/mol. The Morgan fingerprint density at radius 2 is 2.11 bits per heavy atom. The fraction of sp³-hybridized carbons (Fsp3) is 0.417. The van der Waals surface area contributed by atoms with Gasteiger partial charge in [0.25, 0.3) is 5.69 Å². The van der Waals surface area contributed by atoms with Crippen LogP contribution in [0.25, 0.3) is 0 Å². The summed E-state index contributed by atoms with van der Waals surface area (Å²) in [6, 6.07) is 3.88. The zero-order valence-corrected chi connectivity index (χ0v) is 10.9. The molecule has 0 heterocycles. The third-order valence-electron chi connectivity index (χ3n) is 2.28. The highest BCUT2D eigenvalue weighted by Gasteiger charge is 2.19. The number of rotatable bonds is 6. The maximum Gasteiger partial charge on any atom is 0.347 e. The molecule has 0 amide bonds. The number of esters is 1. The maximum atomic E-state index is 11.4. The first-order chi connectivity index (χ1) is 8.99. The van der Waals surface area contributed by atoms with E-state index in [4.69, 9.17) is 14.2 Å². The van der Waals surface area contributed by atoms with E-state index in [9.17, 15) is 14.9 Å². The third kappa shape index (κ3) is 3.84. The minimum Gasteiger partial charge on any atom is -0.493 e. The van der Waals surface area contributed by atoms with Crippen molar-refractivity contribution in [2.75, 3.05) is 13.7 Å². The number of hydrogen-bond acceptors (Lipinski definition) is 6. The van der Waals surface area contributed by atoms with Gasteiger partial charge in [0, 0.05) is 6.07 Å². The second-order valence-electron chi connectivity index (χ2n) is 3.60. The molecule has 1 atom stereocenters. The highest BCUT2D eigenvalue weighted by Crippen LogP contribution is 2.31. The van der Waals surface area contributed by atoms with Crippen LogP contribution in [0.1, 0.15) is 13.8 Å². The van der Waals surface area contributed by atoms with Crippen molar-refractivity contribution in [1.29, 1.82) is 0 Å². The van der Waals surface area contributed by atoms with Crippen molar-refractivity contribution in [3.8, 4) is 11.5 Å². The lowest BCUT2D eigenvalue weighted by atomic mass is 10.2. The lowest BCUT2D eigenvalue weighted by molar-refractivity contribution is -0.385. The van der Waals surface area contributed by atoms with E-state index in [1.54, 1.807) is 6.92 Å². The van der Waals surface area contributed by atoms with Gasteiger partial charge in [-0.25, -0.2) is 4.79 Å². The molecular formula is C12H15NO6. The molecule has 0 saturated heterocycles. The normalized spacial score (nSPS) is 11.5. The minimum atomic E-state index is -0.824. The molecule has 0 bridgehead atoms. The zero-order valence-electron chi connectivity index (χ0n) is 10.9. The molecule has 0 aromatic heterocycles. The molecule has 0 N–H and O–H groups in total. The van der Waals surface area contributed by atoms with Gasteiger partial charge in [-0.1, -0.05) is 0 Å². The van der Waals surface area contributed by atoms with Gasteiger partial charge in [0.15, 0.2) is 17.6 Å². The van der Waals surface area contributed by atoms with Crippen LogP contribution in [-0.2, 0) is 9.53 Å². The quantitative estimate of drug-likeness (QED) is 0.445. The molecule has 7 heteroatoms. The second kappa shape index (κ2) is 6.58. The molecule has 104 valence electrons. The number of nitro groups is 1. The predicted octanol–water partition coefficient (Wildman–Crippen LogP) is 1.93. The molecule has 1 rings (SSSR count). The van der Waals surface area contributed by atoms with Crippen molar-refractivity contribution in [2.24, 2.45) is 0 Å². The standard InChI is InChI=1S/C12H15NO6/c1-4-18-12(14)8(2)19-10-6-5-9(13(15)16)7-11(10)17-3/h5-8H,4H2,1-3H3. The van der Waals surface area contributed by atoms with Crippen LogP contribution in [0.15, 0.2) is 18.2 Å². The van der Waals surface area contributed by atoms with Crippen molar-refractivity contribution in [1.82, 2.24) is 0 Å². The molecule has 1 aromatic carbocycles. The van der Waals surface area contributed by atoms with Crippen molar-refractivity contribution < 1.29 is 23.9 Å². The Bertz CT molecular complexity index is 473. The lowest BCUT2D eigenvalue weighted by Crippen LogP contribution is -2.26. The molecule has 0 aliphatic rings. The molecule has 0 saturated carbocycles. The topological polar surface area (TPSA) is 87.9 Å². The highest BCUT2D eigenvalue weighted by molar-refractivity contribution is 5.74. The van der Waals surface area contributed by atoms with Gasteiger partial charge in [0.1, 0.15) is 0 Å². The van der Waals surface area contributed by atoms with Gasteiger partial charge in [-0.05, 0) is 19.9 Å². The average molecular weight is 269 g/mol. The van der Waals surface area contributed by atoms with E-state index in [1.807, 2.05) is 0 Å². The average Bonchev–Trinajstić information content (AvgIpc) is 2.39. The molecule has 0 fully saturated rings. The van der Waals surface area contributed by atoms with E-state index in [0.717, 1.165) is 0 Å². The summed E-state index contributed by atoms with van der Waals surface area (Å²) in [7, 11) is 1.36. The van der Waals surface area contributed by atoms with Gasteiger partial charge in [-0.3, -0.25) is 10.1 Å². The van der Waals surface area contributed by atoms with Crippen LogP contribution < -0.4 is 9.47 Å². The van der Waals surface area contributed by atoms with Crippen molar-refractivity contribution in [3.63, 3.8) is 0 Å². The Balaban J connectivity index is 2.89. The zero-order chi connectivity index (χ0) is 14.4. The largest absolute Gasteiger partial charge is 0.493 e. The Morgan fingerprint density at radius 3 is 2.63 bits per heavy atom. The van der Waals surface area contributed by atoms with Gasteiger partial charge in [0.05, 0.1) is 24.7 Å². The lowest BCUT2D eigenvalue weighted by Gasteiger charge is -2.15. The molecule has 7 nitrogen and oxygen atoms in total. The van der Waals surface area contributed by atoms with Crippen molar-refractivity contribution >= 4 is 11.7 Å². The summed E-state index contributed by atoms with van der Waals surface area (Å²) in [5, 5.41) is 10.6. The molecule has 1 aromatic rings. The highest BCUT2D eigenvalue weighted by atomic mass is 16.6. The van der Waals surface area contributed by atoms with Crippen LogP contribution in [0.3, 0.4) is 0 Å². The Morgan fingerprint density at radius 1 is 1.42 bits per heavy atom. The number of methoxy groups -OCH3 is 1. The van der Waals surface area contributed by atoms with E-state index in [1.165, 1.54) is 32.2 Å². The number of nitrogens with zero attached hydrogens (tertiary/aromatic N) is 1. The molecule has 0 aliphatic carbocycles. The van der Waals surface area contributed by atoms with E-state index >= 15 is 0 Å². The summed E-state index contributed by atoms with van der Waals surface area (Å²) in [5.74, 6) is -0.0816. The Kier molecular flexibility index (Phi) is 5.11. The number of benzene rings is 1. The Labute approximate surface area is 110 Å². The van der Waals surface area contributed by atoms with Crippen LogP contribution >= 0.6 is 0 Å². The van der Waals surface area contributed by atoms with E-state index in [-0.39, 0.29) is 23.8 Å². The summed E-state index contributed by atoms with van der Waals surface area (Å²) in [5.41, 5.74) is -0.118. The van der Waals surface area contributed by atoms with Gasteiger partial charge in [0.2, 0.25) is 0 Å². The van der Waals surface area contributed by atoms with Gasteiger partial charge in [-0.15, -0.1) is 0 Å². The van der Waals surface area contributed by atoms with Crippen molar-refractivity contribution in [3.05, 3.63) is 28.3 Å². The smallest absolute Gasteiger partial charge is 0.347 e. The maximum absolute atomic E-state index is 11.4. The summed E-state index contributed by atoms with van der Waals surface area (Å²) in [4.78, 5) is 21.5. The number of hydrogen-bond donors (Lipinski definition) is 0. The molecule has 0 spiro atoms. The van der Waals surface area contributed by atoms with Crippen LogP contribution in [0.5, 0.6) is 11.5 Å². The molecule has 0 radical (unpaired) electrons. The van der Waals surface area contributed by atoms with Gasteiger partial charge in [-0.2, -0.15) is 0 Å². The number of ether oxygens (including phenoxy) is 3. The fourth-order valence-electron chi connectivity index (χ4n) is 1.37.